The number of fused-ring (bicyclic) bond motifs is 1. The summed E-state index contributed by atoms with van der Waals surface area (Å²) in [7, 11) is 8.99. The number of amidine groups is 1. The molecule has 2 heterocycles. The SMILES string of the molecule is COc1ccc(COC2C(OCc3ccc(OC)cc3)[C@@H]([C@@H](C)OC)O[C@@H]3SC(N(C)C)=N[C@H]23)cc1. The van der Waals surface area contributed by atoms with Gasteiger partial charge in [-0.05, 0) is 42.3 Å². The van der Waals surface area contributed by atoms with Crippen molar-refractivity contribution in [2.24, 2.45) is 4.99 Å². The topological polar surface area (TPSA) is 71.0 Å². The lowest BCUT2D eigenvalue weighted by molar-refractivity contribution is -0.221. The van der Waals surface area contributed by atoms with Crippen LogP contribution < -0.4 is 9.47 Å². The number of hydrogen-bond donors (Lipinski definition) is 0. The number of hydrogen-bond acceptors (Lipinski definition) is 9. The highest BCUT2D eigenvalue weighted by atomic mass is 32.2. The van der Waals surface area contributed by atoms with E-state index in [4.69, 9.17) is 33.4 Å². The molecule has 8 nitrogen and oxygen atoms in total. The maximum atomic E-state index is 6.59. The van der Waals surface area contributed by atoms with Crippen LogP contribution in [0.1, 0.15) is 18.1 Å². The quantitative estimate of drug-likeness (QED) is 0.470. The summed E-state index contributed by atoms with van der Waals surface area (Å²) in [4.78, 5) is 6.99. The molecule has 1 fully saturated rings. The lowest BCUT2D eigenvalue weighted by Crippen LogP contribution is -2.59. The lowest BCUT2D eigenvalue weighted by atomic mass is 9.94. The van der Waals surface area contributed by atoms with Crippen molar-refractivity contribution in [3.05, 3.63) is 59.7 Å². The Morgan fingerprint density at radius 3 is 1.86 bits per heavy atom. The Morgan fingerprint density at radius 1 is 0.861 bits per heavy atom. The van der Waals surface area contributed by atoms with Crippen LogP contribution in [0.15, 0.2) is 53.5 Å². The van der Waals surface area contributed by atoms with E-state index in [1.165, 1.54) is 0 Å². The van der Waals surface area contributed by atoms with Gasteiger partial charge in [-0.3, -0.25) is 4.99 Å². The Hall–Kier alpha value is -2.30. The van der Waals surface area contributed by atoms with Crippen LogP contribution in [0, 0.1) is 0 Å². The summed E-state index contributed by atoms with van der Waals surface area (Å²) < 4.78 is 36.0. The van der Waals surface area contributed by atoms with Crippen molar-refractivity contribution in [2.45, 2.75) is 56.0 Å². The van der Waals surface area contributed by atoms with E-state index >= 15 is 0 Å². The van der Waals surface area contributed by atoms with Crippen molar-refractivity contribution in [1.29, 1.82) is 0 Å². The third-order valence-electron chi connectivity index (χ3n) is 6.46. The first kappa shape index (κ1) is 26.8. The predicted octanol–water partition coefficient (Wildman–Crippen LogP) is 3.97. The molecule has 9 heteroatoms. The zero-order valence-corrected chi connectivity index (χ0v) is 22.6. The van der Waals surface area contributed by atoms with E-state index in [1.807, 2.05) is 74.4 Å². The molecule has 196 valence electrons. The average Bonchev–Trinajstić information content (AvgIpc) is 3.35. The van der Waals surface area contributed by atoms with Crippen LogP contribution in [0.4, 0.5) is 0 Å². The molecule has 2 aromatic rings. The van der Waals surface area contributed by atoms with Gasteiger partial charge in [-0.25, -0.2) is 0 Å². The summed E-state index contributed by atoms with van der Waals surface area (Å²) in [6.45, 7) is 2.83. The number of thioether (sulfide) groups is 1. The van der Waals surface area contributed by atoms with Gasteiger partial charge in [0.25, 0.3) is 0 Å². The van der Waals surface area contributed by atoms with E-state index in [0.717, 1.165) is 27.8 Å². The summed E-state index contributed by atoms with van der Waals surface area (Å²) >= 11 is 1.62. The fourth-order valence-corrected chi connectivity index (χ4v) is 5.43. The number of nitrogens with zero attached hydrogens (tertiary/aromatic N) is 2. The number of ether oxygens (including phenoxy) is 6. The van der Waals surface area contributed by atoms with Gasteiger partial charge in [0.15, 0.2) is 5.17 Å². The Bertz CT molecular complexity index is 1000. The van der Waals surface area contributed by atoms with Gasteiger partial charge in [-0.15, -0.1) is 0 Å². The summed E-state index contributed by atoms with van der Waals surface area (Å²) in [6, 6.07) is 15.6. The maximum Gasteiger partial charge on any atom is 0.161 e. The minimum atomic E-state index is -0.382. The highest BCUT2D eigenvalue weighted by Gasteiger charge is 2.52. The standard InChI is InChI=1S/C27H36N2O6S/c1-17(30-4)23-25(34-16-19-9-13-21(32-6)14-10-19)24(22-26(35-23)36-27(28-22)29(2)3)33-15-18-7-11-20(31-5)12-8-18/h7-14,17,22-26H,15-16H2,1-6H3/t17-,22-,23-,24?,25?,26-/m1/s1. The molecular formula is C27H36N2O6S. The van der Waals surface area contributed by atoms with Crippen LogP contribution in [0.5, 0.6) is 11.5 Å². The van der Waals surface area contributed by atoms with Crippen LogP contribution in [0.25, 0.3) is 0 Å². The second-order valence-corrected chi connectivity index (χ2v) is 10.1. The molecule has 0 spiro atoms. The molecule has 0 amide bonds. The van der Waals surface area contributed by atoms with Crippen molar-refractivity contribution in [1.82, 2.24) is 4.90 Å². The molecule has 36 heavy (non-hydrogen) atoms. The molecule has 2 aliphatic heterocycles. The van der Waals surface area contributed by atoms with Gasteiger partial charge in [0.05, 0.1) is 33.5 Å². The van der Waals surface area contributed by atoms with E-state index in [-0.39, 0.29) is 35.9 Å². The van der Waals surface area contributed by atoms with Gasteiger partial charge < -0.3 is 33.3 Å². The second-order valence-electron chi connectivity index (χ2n) is 9.07. The lowest BCUT2D eigenvalue weighted by Gasteiger charge is -2.44. The summed E-state index contributed by atoms with van der Waals surface area (Å²) in [5, 5.41) is 0.919. The minimum Gasteiger partial charge on any atom is -0.497 e. The van der Waals surface area contributed by atoms with Gasteiger partial charge in [-0.1, -0.05) is 36.0 Å². The number of methoxy groups -OCH3 is 3. The zero-order valence-electron chi connectivity index (χ0n) is 21.7. The van der Waals surface area contributed by atoms with E-state index in [2.05, 4.69) is 0 Å². The van der Waals surface area contributed by atoms with Crippen molar-refractivity contribution >= 4 is 16.9 Å². The molecule has 0 bridgehead atoms. The minimum absolute atomic E-state index is 0.174. The molecule has 0 N–H and O–H groups in total. The molecule has 0 aliphatic carbocycles. The molecule has 2 aliphatic rings. The zero-order chi connectivity index (χ0) is 25.7. The fourth-order valence-electron chi connectivity index (χ4n) is 4.29. The second kappa shape index (κ2) is 12.3. The summed E-state index contributed by atoms with van der Waals surface area (Å²) in [6.07, 6.45) is -1.22. The fraction of sp³-hybridized carbons (Fsp3) is 0.519. The van der Waals surface area contributed by atoms with Gasteiger partial charge in [0, 0.05) is 21.2 Å². The molecule has 6 atom stereocenters. The Labute approximate surface area is 217 Å². The molecule has 4 rings (SSSR count). The normalized spacial score (nSPS) is 26.2. The number of aliphatic imine (C=N–C) groups is 1. The van der Waals surface area contributed by atoms with Crippen molar-refractivity contribution in [2.75, 3.05) is 35.4 Å². The predicted molar refractivity (Wildman–Crippen MR) is 141 cm³/mol. The van der Waals surface area contributed by atoms with Gasteiger partial charge in [-0.2, -0.15) is 0 Å². The molecule has 0 saturated carbocycles. The third-order valence-corrected chi connectivity index (χ3v) is 7.76. The molecule has 2 aromatic carbocycles. The molecule has 1 saturated heterocycles. The average molecular weight is 517 g/mol. The largest absolute Gasteiger partial charge is 0.497 e. The molecular weight excluding hydrogens is 480 g/mol. The third kappa shape index (κ3) is 6.15. The van der Waals surface area contributed by atoms with E-state index < -0.39 is 0 Å². The molecule has 0 radical (unpaired) electrons. The van der Waals surface area contributed by atoms with Crippen LogP contribution in [-0.2, 0) is 32.2 Å². The number of rotatable bonds is 10. The maximum absolute atomic E-state index is 6.59. The smallest absolute Gasteiger partial charge is 0.161 e. The molecule has 0 aromatic heterocycles. The Balaban J connectivity index is 1.59. The summed E-state index contributed by atoms with van der Waals surface area (Å²) in [5.74, 6) is 1.62. The van der Waals surface area contributed by atoms with Gasteiger partial charge in [0.2, 0.25) is 0 Å². The first-order valence-electron chi connectivity index (χ1n) is 12.0. The van der Waals surface area contributed by atoms with Crippen molar-refractivity contribution in [3.63, 3.8) is 0 Å². The van der Waals surface area contributed by atoms with Crippen LogP contribution in [0.2, 0.25) is 0 Å². The Morgan fingerprint density at radius 2 is 1.39 bits per heavy atom. The van der Waals surface area contributed by atoms with E-state index in [1.54, 1.807) is 33.1 Å². The van der Waals surface area contributed by atoms with E-state index in [9.17, 15) is 0 Å². The van der Waals surface area contributed by atoms with Gasteiger partial charge in [0.1, 0.15) is 41.3 Å². The summed E-state index contributed by atoms with van der Waals surface area (Å²) in [5.41, 5.74) is 1.91. The van der Waals surface area contributed by atoms with Crippen molar-refractivity contribution < 1.29 is 28.4 Å². The van der Waals surface area contributed by atoms with Crippen molar-refractivity contribution in [3.8, 4) is 11.5 Å². The number of benzene rings is 2. The first-order valence-corrected chi connectivity index (χ1v) is 12.9. The van der Waals surface area contributed by atoms with Crippen LogP contribution in [-0.4, -0.2) is 81.4 Å². The van der Waals surface area contributed by atoms with Crippen LogP contribution >= 0.6 is 11.8 Å². The van der Waals surface area contributed by atoms with E-state index in [0.29, 0.717) is 13.2 Å². The molecule has 2 unspecified atom stereocenters. The first-order chi connectivity index (χ1) is 17.4. The Kier molecular flexibility index (Phi) is 9.14. The van der Waals surface area contributed by atoms with Crippen LogP contribution in [0.3, 0.4) is 0 Å². The van der Waals surface area contributed by atoms with Gasteiger partial charge >= 0.3 is 0 Å². The highest BCUT2D eigenvalue weighted by molar-refractivity contribution is 8.14. The highest BCUT2D eigenvalue weighted by Crippen LogP contribution is 2.41. The monoisotopic (exact) mass is 516 g/mol.